The summed E-state index contributed by atoms with van der Waals surface area (Å²) in [5.74, 6) is -0.442. The van der Waals surface area contributed by atoms with E-state index in [0.29, 0.717) is 27.1 Å². The Labute approximate surface area is 150 Å². The highest BCUT2D eigenvalue weighted by molar-refractivity contribution is 6.32. The van der Waals surface area contributed by atoms with Gasteiger partial charge < -0.3 is 9.15 Å². The van der Waals surface area contributed by atoms with Crippen LogP contribution < -0.4 is 5.63 Å². The van der Waals surface area contributed by atoms with Gasteiger partial charge in [-0.3, -0.25) is 0 Å². The van der Waals surface area contributed by atoms with Gasteiger partial charge in [-0.15, -0.1) is 0 Å². The van der Waals surface area contributed by atoms with Crippen molar-refractivity contribution in [3.8, 4) is 0 Å². The van der Waals surface area contributed by atoms with Crippen LogP contribution in [-0.4, -0.2) is 5.97 Å². The molecule has 0 aliphatic carbocycles. The first-order valence-electron chi connectivity index (χ1n) is 7.97. The molecule has 0 unspecified atom stereocenters. The average Bonchev–Trinajstić information content (AvgIpc) is 2.61. The van der Waals surface area contributed by atoms with E-state index in [0.717, 1.165) is 17.5 Å². The van der Waals surface area contributed by atoms with Gasteiger partial charge in [0.1, 0.15) is 12.2 Å². The summed E-state index contributed by atoms with van der Waals surface area (Å²) in [7, 11) is 0. The lowest BCUT2D eigenvalue weighted by molar-refractivity contribution is 0.0474. The average molecular weight is 357 g/mol. The first kappa shape index (κ1) is 17.2. The van der Waals surface area contributed by atoms with Gasteiger partial charge in [0.15, 0.2) is 0 Å². The van der Waals surface area contributed by atoms with Gasteiger partial charge in [-0.05, 0) is 48.7 Å². The molecule has 0 fully saturated rings. The van der Waals surface area contributed by atoms with Gasteiger partial charge in [-0.2, -0.15) is 0 Å². The van der Waals surface area contributed by atoms with Crippen LogP contribution in [0.5, 0.6) is 0 Å². The van der Waals surface area contributed by atoms with Crippen LogP contribution >= 0.6 is 11.6 Å². The van der Waals surface area contributed by atoms with Gasteiger partial charge in [-0.1, -0.05) is 30.7 Å². The van der Waals surface area contributed by atoms with Crippen molar-refractivity contribution < 1.29 is 13.9 Å². The fourth-order valence-corrected chi connectivity index (χ4v) is 2.73. The van der Waals surface area contributed by atoms with Crippen LogP contribution in [0, 0.1) is 6.92 Å². The molecule has 1 aromatic heterocycles. The molecule has 5 heteroatoms. The predicted octanol–water partition coefficient (Wildman–Crippen LogP) is 4.67. The molecule has 0 radical (unpaired) electrons. The van der Waals surface area contributed by atoms with Gasteiger partial charge >= 0.3 is 11.6 Å². The quantitative estimate of drug-likeness (QED) is 0.503. The van der Waals surface area contributed by atoms with Crippen LogP contribution in [0.15, 0.2) is 51.7 Å². The van der Waals surface area contributed by atoms with E-state index in [4.69, 9.17) is 20.8 Å². The maximum atomic E-state index is 12.2. The highest BCUT2D eigenvalue weighted by Crippen LogP contribution is 2.25. The van der Waals surface area contributed by atoms with Crippen molar-refractivity contribution in [2.75, 3.05) is 0 Å². The van der Waals surface area contributed by atoms with Crippen molar-refractivity contribution in [3.05, 3.63) is 80.2 Å². The summed E-state index contributed by atoms with van der Waals surface area (Å²) in [5, 5.41) is 1.22. The number of esters is 1. The zero-order valence-corrected chi connectivity index (χ0v) is 14.7. The maximum absolute atomic E-state index is 12.2. The molecular formula is C20H17ClO4. The van der Waals surface area contributed by atoms with Crippen molar-refractivity contribution in [3.63, 3.8) is 0 Å². The Morgan fingerprint density at radius 2 is 1.88 bits per heavy atom. The van der Waals surface area contributed by atoms with Crippen molar-refractivity contribution in [1.29, 1.82) is 0 Å². The minimum Gasteiger partial charge on any atom is -0.457 e. The van der Waals surface area contributed by atoms with Crippen molar-refractivity contribution >= 4 is 28.5 Å². The third-order valence-electron chi connectivity index (χ3n) is 4.07. The fraction of sp³-hybridized carbons (Fsp3) is 0.200. The molecule has 3 aromatic rings. The monoisotopic (exact) mass is 356 g/mol. The van der Waals surface area contributed by atoms with Gasteiger partial charge in [0.25, 0.3) is 0 Å². The Hall–Kier alpha value is -2.59. The molecule has 1 heterocycles. The lowest BCUT2D eigenvalue weighted by Gasteiger charge is -2.09. The van der Waals surface area contributed by atoms with Gasteiger partial charge in [0.2, 0.25) is 0 Å². The molecule has 0 aliphatic rings. The number of halogens is 1. The topological polar surface area (TPSA) is 56.5 Å². The van der Waals surface area contributed by atoms with Crippen LogP contribution in [0.2, 0.25) is 5.02 Å². The Balaban J connectivity index is 1.86. The highest BCUT2D eigenvalue weighted by atomic mass is 35.5. The van der Waals surface area contributed by atoms with Crippen LogP contribution in [0.1, 0.15) is 34.0 Å². The van der Waals surface area contributed by atoms with Crippen LogP contribution in [-0.2, 0) is 17.8 Å². The Morgan fingerprint density at radius 1 is 1.16 bits per heavy atom. The standard InChI is InChI=1S/C20H17ClO4/c1-3-13-4-6-14(7-5-13)20(23)24-11-15-9-19(22)25-18-8-12(2)17(21)10-16(15)18/h4-10H,3,11H2,1-2H3. The lowest BCUT2D eigenvalue weighted by Crippen LogP contribution is -2.08. The molecule has 0 aliphatic heterocycles. The normalized spacial score (nSPS) is 10.8. The van der Waals surface area contributed by atoms with E-state index in [1.165, 1.54) is 6.07 Å². The number of benzene rings is 2. The maximum Gasteiger partial charge on any atom is 0.338 e. The Bertz CT molecular complexity index is 987. The summed E-state index contributed by atoms with van der Waals surface area (Å²) in [5.41, 5.74) is 2.92. The smallest absolute Gasteiger partial charge is 0.338 e. The number of fused-ring (bicyclic) bond motifs is 1. The summed E-state index contributed by atoms with van der Waals surface area (Å²) in [6.07, 6.45) is 0.904. The Kier molecular flexibility index (Phi) is 4.91. The van der Waals surface area contributed by atoms with Crippen LogP contribution in [0.4, 0.5) is 0 Å². The van der Waals surface area contributed by atoms with Gasteiger partial charge in [-0.25, -0.2) is 9.59 Å². The molecule has 0 spiro atoms. The number of aryl methyl sites for hydroxylation is 2. The second kappa shape index (κ2) is 7.11. The van der Waals surface area contributed by atoms with E-state index < -0.39 is 11.6 Å². The number of rotatable bonds is 4. The third-order valence-corrected chi connectivity index (χ3v) is 4.47. The zero-order valence-electron chi connectivity index (χ0n) is 14.0. The van der Waals surface area contributed by atoms with E-state index in [9.17, 15) is 9.59 Å². The molecule has 25 heavy (non-hydrogen) atoms. The van der Waals surface area contributed by atoms with Crippen molar-refractivity contribution in [1.82, 2.24) is 0 Å². The molecule has 128 valence electrons. The summed E-state index contributed by atoms with van der Waals surface area (Å²) in [6, 6.07) is 12.0. The summed E-state index contributed by atoms with van der Waals surface area (Å²) in [4.78, 5) is 24.0. The van der Waals surface area contributed by atoms with Gasteiger partial charge in [0.05, 0.1) is 5.56 Å². The number of hydrogen-bond donors (Lipinski definition) is 0. The zero-order chi connectivity index (χ0) is 18.0. The summed E-state index contributed by atoms with van der Waals surface area (Å²) >= 11 is 6.16. The lowest BCUT2D eigenvalue weighted by atomic mass is 10.1. The first-order valence-corrected chi connectivity index (χ1v) is 8.34. The minimum absolute atomic E-state index is 0.0319. The van der Waals surface area contributed by atoms with E-state index in [-0.39, 0.29) is 6.61 Å². The SMILES string of the molecule is CCc1ccc(C(=O)OCc2cc(=O)oc3cc(C)c(Cl)cc23)cc1. The molecular weight excluding hydrogens is 340 g/mol. The van der Waals surface area contributed by atoms with Crippen molar-refractivity contribution in [2.24, 2.45) is 0 Å². The molecule has 0 saturated heterocycles. The highest BCUT2D eigenvalue weighted by Gasteiger charge is 2.12. The van der Waals surface area contributed by atoms with Crippen LogP contribution in [0.25, 0.3) is 11.0 Å². The minimum atomic E-state index is -0.493. The predicted molar refractivity (Wildman–Crippen MR) is 97.2 cm³/mol. The molecule has 3 rings (SSSR count). The Morgan fingerprint density at radius 3 is 2.56 bits per heavy atom. The molecule has 0 atom stereocenters. The molecule has 4 nitrogen and oxygen atoms in total. The summed E-state index contributed by atoms with van der Waals surface area (Å²) < 4.78 is 10.6. The van der Waals surface area contributed by atoms with Gasteiger partial charge in [0, 0.05) is 22.0 Å². The molecule has 0 saturated carbocycles. The number of carbonyl (C=O) groups excluding carboxylic acids is 1. The van der Waals surface area contributed by atoms with Crippen molar-refractivity contribution in [2.45, 2.75) is 26.9 Å². The number of ether oxygens (including phenoxy) is 1. The van der Waals surface area contributed by atoms with E-state index in [1.54, 1.807) is 24.3 Å². The molecule has 0 amide bonds. The summed E-state index contributed by atoms with van der Waals surface area (Å²) in [6.45, 7) is 3.84. The second-order valence-electron chi connectivity index (χ2n) is 5.81. The third kappa shape index (κ3) is 3.74. The second-order valence-corrected chi connectivity index (χ2v) is 6.22. The molecule has 0 bridgehead atoms. The van der Waals surface area contributed by atoms with E-state index in [2.05, 4.69) is 0 Å². The molecule has 0 N–H and O–H groups in total. The largest absolute Gasteiger partial charge is 0.457 e. The number of hydrogen-bond acceptors (Lipinski definition) is 4. The van der Waals surface area contributed by atoms with E-state index in [1.807, 2.05) is 26.0 Å². The molecule has 2 aromatic carbocycles. The fourth-order valence-electron chi connectivity index (χ4n) is 2.57. The van der Waals surface area contributed by atoms with E-state index >= 15 is 0 Å². The number of carbonyl (C=O) groups is 1. The van der Waals surface area contributed by atoms with Crippen LogP contribution in [0.3, 0.4) is 0 Å². The first-order chi connectivity index (χ1) is 12.0.